The molecule has 2 aromatic rings. The van der Waals surface area contributed by atoms with Crippen molar-refractivity contribution in [1.82, 2.24) is 15.3 Å². The molecule has 1 amide bonds. The van der Waals surface area contributed by atoms with Gasteiger partial charge in [-0.2, -0.15) is 0 Å². The lowest BCUT2D eigenvalue weighted by molar-refractivity contribution is -0.274. The van der Waals surface area contributed by atoms with Crippen LogP contribution in [0.5, 0.6) is 5.75 Å². The maximum absolute atomic E-state index is 13.0. The Bertz CT molecular complexity index is 1020. The van der Waals surface area contributed by atoms with Gasteiger partial charge < -0.3 is 15.4 Å². The number of carbonyl (C=O) groups excluding carboxylic acids is 1. The molecule has 2 aromatic carbocycles. The van der Waals surface area contributed by atoms with E-state index in [0.29, 0.717) is 23.6 Å². The number of rotatable bonds is 8. The van der Waals surface area contributed by atoms with Crippen molar-refractivity contribution >= 4 is 17.4 Å². The van der Waals surface area contributed by atoms with E-state index < -0.39 is 6.36 Å². The molecule has 1 fully saturated rings. The highest BCUT2D eigenvalue weighted by molar-refractivity contribution is 6.24. The van der Waals surface area contributed by atoms with Crippen LogP contribution in [0.15, 0.2) is 66.0 Å². The lowest BCUT2D eigenvalue weighted by Gasteiger charge is -2.26. The monoisotopic (exact) mass is 461 g/mol. The molecule has 0 spiro atoms. The minimum absolute atomic E-state index is 0.0658. The Hall–Kier alpha value is -3.69. The van der Waals surface area contributed by atoms with Gasteiger partial charge in [-0.25, -0.2) is 0 Å². The SMILES string of the molecule is CC(C)CN1C(=N)/C(=C(\NCc2ccc(OC(F)(F)F)cc2)Nc2ccccc2)C(=O)N1C. The predicted octanol–water partition coefficient (Wildman–Crippen LogP) is 4.32. The van der Waals surface area contributed by atoms with Gasteiger partial charge >= 0.3 is 6.36 Å². The first kappa shape index (κ1) is 24.0. The first-order valence-corrected chi connectivity index (χ1v) is 10.3. The second kappa shape index (κ2) is 9.85. The fourth-order valence-electron chi connectivity index (χ4n) is 3.30. The molecule has 0 aromatic heterocycles. The third-order valence-electron chi connectivity index (χ3n) is 4.82. The molecule has 0 bridgehead atoms. The van der Waals surface area contributed by atoms with Crippen molar-refractivity contribution in [2.45, 2.75) is 26.8 Å². The van der Waals surface area contributed by atoms with Crippen LogP contribution in [0.1, 0.15) is 19.4 Å². The Morgan fingerprint density at radius 3 is 2.30 bits per heavy atom. The summed E-state index contributed by atoms with van der Waals surface area (Å²) < 4.78 is 41.0. The molecule has 3 rings (SSSR count). The predicted molar refractivity (Wildman–Crippen MR) is 119 cm³/mol. The molecule has 0 aliphatic carbocycles. The van der Waals surface area contributed by atoms with E-state index >= 15 is 0 Å². The maximum atomic E-state index is 13.0. The maximum Gasteiger partial charge on any atom is 0.573 e. The fourth-order valence-corrected chi connectivity index (χ4v) is 3.30. The van der Waals surface area contributed by atoms with Crippen molar-refractivity contribution in [3.8, 4) is 5.75 Å². The molecule has 1 aliphatic heterocycles. The van der Waals surface area contributed by atoms with Gasteiger partial charge in [-0.05, 0) is 35.7 Å². The number of benzene rings is 2. The zero-order valence-electron chi connectivity index (χ0n) is 18.5. The minimum Gasteiger partial charge on any atom is -0.406 e. The van der Waals surface area contributed by atoms with E-state index in [0.717, 1.165) is 0 Å². The molecule has 3 N–H and O–H groups in total. The van der Waals surface area contributed by atoms with Crippen LogP contribution < -0.4 is 15.4 Å². The van der Waals surface area contributed by atoms with Crippen LogP contribution in [0, 0.1) is 11.3 Å². The topological polar surface area (TPSA) is 80.7 Å². The smallest absolute Gasteiger partial charge is 0.406 e. The van der Waals surface area contributed by atoms with Crippen LogP contribution in [0.3, 0.4) is 0 Å². The zero-order chi connectivity index (χ0) is 24.2. The first-order chi connectivity index (χ1) is 15.5. The summed E-state index contributed by atoms with van der Waals surface area (Å²) >= 11 is 0. The third-order valence-corrected chi connectivity index (χ3v) is 4.82. The van der Waals surface area contributed by atoms with Gasteiger partial charge in [0.2, 0.25) is 0 Å². The van der Waals surface area contributed by atoms with Crippen LogP contribution in [-0.2, 0) is 11.3 Å². The van der Waals surface area contributed by atoms with Crippen LogP contribution in [0.2, 0.25) is 0 Å². The highest BCUT2D eigenvalue weighted by Gasteiger charge is 2.38. The Morgan fingerprint density at radius 1 is 1.09 bits per heavy atom. The lowest BCUT2D eigenvalue weighted by atomic mass is 10.2. The number of amidine groups is 1. The number of para-hydroxylation sites is 1. The Balaban J connectivity index is 1.86. The summed E-state index contributed by atoms with van der Waals surface area (Å²) in [5.74, 6) is -0.0108. The highest BCUT2D eigenvalue weighted by atomic mass is 19.4. The molecule has 0 unspecified atom stereocenters. The van der Waals surface area contributed by atoms with Gasteiger partial charge in [0.25, 0.3) is 5.91 Å². The van der Waals surface area contributed by atoms with Crippen molar-refractivity contribution in [2.24, 2.45) is 5.92 Å². The van der Waals surface area contributed by atoms with E-state index in [1.54, 1.807) is 12.1 Å². The second-order valence-electron chi connectivity index (χ2n) is 7.94. The van der Waals surface area contributed by atoms with E-state index in [-0.39, 0.29) is 35.5 Å². The van der Waals surface area contributed by atoms with Crippen LogP contribution in [0.4, 0.5) is 18.9 Å². The number of anilines is 1. The van der Waals surface area contributed by atoms with E-state index in [1.807, 2.05) is 44.2 Å². The number of hydrogen-bond donors (Lipinski definition) is 3. The van der Waals surface area contributed by atoms with Crippen LogP contribution >= 0.6 is 0 Å². The van der Waals surface area contributed by atoms with Gasteiger partial charge in [-0.1, -0.05) is 44.2 Å². The van der Waals surface area contributed by atoms with Crippen LogP contribution in [0.25, 0.3) is 0 Å². The molecular weight excluding hydrogens is 435 g/mol. The van der Waals surface area contributed by atoms with Gasteiger partial charge in [0, 0.05) is 25.8 Å². The molecule has 0 radical (unpaired) electrons. The van der Waals surface area contributed by atoms with Gasteiger partial charge in [0.1, 0.15) is 17.1 Å². The number of alkyl halides is 3. The largest absolute Gasteiger partial charge is 0.573 e. The average molecular weight is 461 g/mol. The van der Waals surface area contributed by atoms with Crippen molar-refractivity contribution in [2.75, 3.05) is 18.9 Å². The molecule has 1 saturated heterocycles. The first-order valence-electron chi connectivity index (χ1n) is 10.3. The van der Waals surface area contributed by atoms with E-state index in [4.69, 9.17) is 5.41 Å². The quantitative estimate of drug-likeness (QED) is 0.510. The van der Waals surface area contributed by atoms with Gasteiger partial charge in [0.05, 0.1) is 0 Å². The molecule has 33 heavy (non-hydrogen) atoms. The van der Waals surface area contributed by atoms with Gasteiger partial charge in [-0.3, -0.25) is 20.2 Å². The van der Waals surface area contributed by atoms with Crippen molar-refractivity contribution in [3.63, 3.8) is 0 Å². The molecule has 7 nitrogen and oxygen atoms in total. The lowest BCUT2D eigenvalue weighted by Crippen LogP contribution is -2.39. The number of amides is 1. The summed E-state index contributed by atoms with van der Waals surface area (Å²) in [6, 6.07) is 14.6. The molecule has 0 saturated carbocycles. The summed E-state index contributed by atoms with van der Waals surface area (Å²) in [5.41, 5.74) is 1.56. The summed E-state index contributed by atoms with van der Waals surface area (Å²) in [6.07, 6.45) is -4.76. The number of hydrazine groups is 1. The minimum atomic E-state index is -4.76. The third kappa shape index (κ3) is 6.18. The highest BCUT2D eigenvalue weighted by Crippen LogP contribution is 2.25. The van der Waals surface area contributed by atoms with Crippen molar-refractivity contribution in [1.29, 1.82) is 5.41 Å². The number of hydrogen-bond acceptors (Lipinski definition) is 5. The molecular formula is C23H26F3N5O2. The zero-order valence-corrected chi connectivity index (χ0v) is 18.5. The Kier molecular flexibility index (Phi) is 7.15. The summed E-state index contributed by atoms with van der Waals surface area (Å²) in [7, 11) is 1.62. The molecule has 0 atom stereocenters. The van der Waals surface area contributed by atoms with Crippen molar-refractivity contribution in [3.05, 3.63) is 71.6 Å². The summed E-state index contributed by atoms with van der Waals surface area (Å²) in [6.45, 7) is 4.71. The number of nitrogens with one attached hydrogen (secondary N) is 3. The summed E-state index contributed by atoms with van der Waals surface area (Å²) in [4.78, 5) is 13.0. The van der Waals surface area contributed by atoms with E-state index in [9.17, 15) is 18.0 Å². The molecule has 1 aliphatic rings. The number of likely N-dealkylation sites (N-methyl/N-ethyl adjacent to an activating group) is 1. The Labute approximate surface area is 190 Å². The number of halogens is 3. The second-order valence-corrected chi connectivity index (χ2v) is 7.94. The van der Waals surface area contributed by atoms with Gasteiger partial charge in [0.15, 0.2) is 5.84 Å². The Morgan fingerprint density at radius 2 is 1.73 bits per heavy atom. The number of nitrogens with zero attached hydrogens (tertiary/aromatic N) is 2. The van der Waals surface area contributed by atoms with Gasteiger partial charge in [-0.15, -0.1) is 13.2 Å². The fraction of sp³-hybridized carbons (Fsp3) is 0.304. The number of ether oxygens (including phenoxy) is 1. The van der Waals surface area contributed by atoms with E-state index in [2.05, 4.69) is 15.4 Å². The van der Waals surface area contributed by atoms with Crippen molar-refractivity contribution < 1.29 is 22.7 Å². The van der Waals surface area contributed by atoms with Crippen LogP contribution in [-0.4, -0.2) is 41.7 Å². The molecule has 1 heterocycles. The average Bonchev–Trinajstić information content (AvgIpc) is 2.95. The molecule has 176 valence electrons. The summed E-state index contributed by atoms with van der Waals surface area (Å²) in [5, 5.41) is 17.9. The number of carbonyl (C=O) groups is 1. The molecule has 10 heteroatoms. The standard InChI is InChI=1S/C23H26F3N5O2/c1-15(2)14-31-20(27)19(22(32)30(31)3)21(29-17-7-5-4-6-8-17)28-13-16-9-11-18(12-10-16)33-23(24,25)26/h4-12,15,27-29H,13-14H2,1-3H3/b21-19-,27-20?. The van der Waals surface area contributed by atoms with E-state index in [1.165, 1.54) is 29.3 Å². The normalized spacial score (nSPS) is 15.8.